The molecule has 3 N–H and O–H groups in total. The number of rotatable bonds is 3. The third kappa shape index (κ3) is 5.05. The first kappa shape index (κ1) is 20.2. The van der Waals surface area contributed by atoms with Gasteiger partial charge in [0.2, 0.25) is 5.91 Å². The molecule has 0 saturated carbocycles. The zero-order valence-electron chi connectivity index (χ0n) is 15.1. The van der Waals surface area contributed by atoms with Gasteiger partial charge in [-0.3, -0.25) is 25.8 Å². The van der Waals surface area contributed by atoms with E-state index < -0.39 is 0 Å². The maximum absolute atomic E-state index is 12.3. The number of hydrogen-bond donors (Lipinski definition) is 3. The van der Waals surface area contributed by atoms with E-state index in [-0.39, 0.29) is 23.3 Å². The van der Waals surface area contributed by atoms with E-state index >= 15 is 0 Å². The van der Waals surface area contributed by atoms with Gasteiger partial charge in [0.05, 0.1) is 6.42 Å². The van der Waals surface area contributed by atoms with Crippen molar-refractivity contribution in [1.82, 2.24) is 16.2 Å². The van der Waals surface area contributed by atoms with Gasteiger partial charge in [-0.2, -0.15) is 0 Å². The van der Waals surface area contributed by atoms with Crippen LogP contribution in [0.1, 0.15) is 21.5 Å². The summed E-state index contributed by atoms with van der Waals surface area (Å²) in [5, 5.41) is 4.70. The summed E-state index contributed by atoms with van der Waals surface area (Å²) in [6, 6.07) is 19.1. The third-order valence-electron chi connectivity index (χ3n) is 4.21. The van der Waals surface area contributed by atoms with Crippen LogP contribution in [0.4, 0.5) is 0 Å². The number of nitrogens with one attached hydrogen (secondary N) is 3. The van der Waals surface area contributed by atoms with Crippen molar-refractivity contribution in [2.45, 2.75) is 13.3 Å². The molecule has 7 heteroatoms. The Morgan fingerprint density at radius 3 is 2.54 bits per heavy atom. The van der Waals surface area contributed by atoms with E-state index in [9.17, 15) is 9.59 Å². The highest BCUT2D eigenvalue weighted by atomic mass is 127. The number of carbonyl (C=O) groups excluding carboxylic acids is 2. The van der Waals surface area contributed by atoms with Gasteiger partial charge in [-0.1, -0.05) is 48.5 Å². The fourth-order valence-electron chi connectivity index (χ4n) is 2.73. The predicted octanol–water partition coefficient (Wildman–Crippen LogP) is 3.63. The molecule has 0 unspecified atom stereocenters. The topological polar surface area (TPSA) is 70.2 Å². The molecule has 0 fully saturated rings. The fraction of sp³-hybridized carbons (Fsp3) is 0.0952. The first-order valence-electron chi connectivity index (χ1n) is 8.57. The second-order valence-electron chi connectivity index (χ2n) is 6.24. The van der Waals surface area contributed by atoms with Gasteiger partial charge < -0.3 is 0 Å². The zero-order valence-corrected chi connectivity index (χ0v) is 18.1. The van der Waals surface area contributed by atoms with Gasteiger partial charge >= 0.3 is 0 Å². The van der Waals surface area contributed by atoms with Crippen LogP contribution < -0.4 is 16.2 Å². The number of halogens is 1. The third-order valence-corrected chi connectivity index (χ3v) is 5.57. The molecule has 5 nitrogen and oxygen atoms in total. The van der Waals surface area contributed by atoms with Gasteiger partial charge in [-0.05, 0) is 75.8 Å². The lowest BCUT2D eigenvalue weighted by Crippen LogP contribution is -2.48. The number of hydrogen-bond acceptors (Lipinski definition) is 3. The predicted molar refractivity (Wildman–Crippen MR) is 123 cm³/mol. The molecule has 0 spiro atoms. The minimum absolute atomic E-state index is 0.0341. The summed E-state index contributed by atoms with van der Waals surface area (Å²) < 4.78 is 0.993. The normalized spacial score (nSPS) is 10.4. The van der Waals surface area contributed by atoms with Crippen LogP contribution in [0.15, 0.2) is 60.7 Å². The summed E-state index contributed by atoms with van der Waals surface area (Å²) in [7, 11) is 0. The quantitative estimate of drug-likeness (QED) is 0.290. The fourth-order valence-corrected chi connectivity index (χ4v) is 3.39. The Hall–Kier alpha value is -2.52. The van der Waals surface area contributed by atoms with E-state index in [0.29, 0.717) is 5.56 Å². The van der Waals surface area contributed by atoms with Crippen molar-refractivity contribution in [3.05, 3.63) is 80.9 Å². The second kappa shape index (κ2) is 9.11. The van der Waals surface area contributed by atoms with E-state index in [4.69, 9.17) is 12.2 Å². The highest BCUT2D eigenvalue weighted by molar-refractivity contribution is 14.1. The molecule has 142 valence electrons. The van der Waals surface area contributed by atoms with E-state index in [1.807, 2.05) is 55.5 Å². The monoisotopic (exact) mass is 503 g/mol. The summed E-state index contributed by atoms with van der Waals surface area (Å²) in [6.45, 7) is 1.97. The lowest BCUT2D eigenvalue weighted by molar-refractivity contribution is -0.121. The summed E-state index contributed by atoms with van der Waals surface area (Å²) in [5.74, 6) is -0.587. The number of hydrazine groups is 1. The van der Waals surface area contributed by atoms with Crippen LogP contribution in [0.25, 0.3) is 10.8 Å². The molecule has 0 bridgehead atoms. The van der Waals surface area contributed by atoms with Gasteiger partial charge in [-0.25, -0.2) is 0 Å². The van der Waals surface area contributed by atoms with Crippen LogP contribution >= 0.6 is 34.8 Å². The Kier molecular flexibility index (Phi) is 6.58. The smallest absolute Gasteiger partial charge is 0.257 e. The minimum atomic E-state index is -0.335. The largest absolute Gasteiger partial charge is 0.298 e. The molecule has 3 rings (SSSR count). The average molecular weight is 503 g/mol. The maximum atomic E-state index is 12.3. The Bertz CT molecular complexity index is 1060. The Balaban J connectivity index is 1.54. The maximum Gasteiger partial charge on any atom is 0.257 e. The van der Waals surface area contributed by atoms with Crippen LogP contribution in [0, 0.1) is 10.5 Å². The summed E-state index contributed by atoms with van der Waals surface area (Å²) >= 11 is 7.26. The van der Waals surface area contributed by atoms with Gasteiger partial charge in [0.25, 0.3) is 5.91 Å². The highest BCUT2D eigenvalue weighted by Crippen LogP contribution is 2.18. The highest BCUT2D eigenvalue weighted by Gasteiger charge is 2.11. The van der Waals surface area contributed by atoms with E-state index in [2.05, 4.69) is 38.8 Å². The van der Waals surface area contributed by atoms with Gasteiger partial charge in [0.15, 0.2) is 5.11 Å². The van der Waals surface area contributed by atoms with E-state index in [1.165, 1.54) is 0 Å². The van der Waals surface area contributed by atoms with Gasteiger partial charge in [0.1, 0.15) is 0 Å². The van der Waals surface area contributed by atoms with E-state index in [0.717, 1.165) is 25.5 Å². The lowest BCUT2D eigenvalue weighted by atomic mass is 10.0. The number of carbonyl (C=O) groups is 2. The van der Waals surface area contributed by atoms with Crippen LogP contribution in [-0.4, -0.2) is 16.9 Å². The Morgan fingerprint density at radius 2 is 1.75 bits per heavy atom. The molecule has 3 aromatic rings. The van der Waals surface area contributed by atoms with Crippen LogP contribution in [0.5, 0.6) is 0 Å². The molecule has 0 aliphatic rings. The summed E-state index contributed by atoms with van der Waals surface area (Å²) in [4.78, 5) is 24.5. The zero-order chi connectivity index (χ0) is 20.1. The molecule has 2 amide bonds. The van der Waals surface area contributed by atoms with Gasteiger partial charge in [-0.15, -0.1) is 0 Å². The molecule has 0 aliphatic heterocycles. The van der Waals surface area contributed by atoms with Crippen molar-refractivity contribution in [3.8, 4) is 0 Å². The van der Waals surface area contributed by atoms with Crippen molar-refractivity contribution in [3.63, 3.8) is 0 Å². The van der Waals surface area contributed by atoms with Crippen molar-refractivity contribution < 1.29 is 9.59 Å². The standard InChI is InChI=1S/C21H18IN3O2S/c1-13-9-10-16(11-18(13)22)20(27)23-21(28)25-24-19(26)12-15-7-4-6-14-5-2-3-8-17(14)15/h2-11H,12H2,1H3,(H,24,26)(H2,23,25,27,28). The van der Waals surface area contributed by atoms with Crippen molar-refractivity contribution in [1.29, 1.82) is 0 Å². The van der Waals surface area contributed by atoms with Crippen molar-refractivity contribution in [2.24, 2.45) is 0 Å². The van der Waals surface area contributed by atoms with Crippen LogP contribution in [0.3, 0.4) is 0 Å². The molecular formula is C21H18IN3O2S. The lowest BCUT2D eigenvalue weighted by Gasteiger charge is -2.12. The average Bonchev–Trinajstić information content (AvgIpc) is 2.69. The molecule has 0 heterocycles. The molecule has 0 radical (unpaired) electrons. The molecular weight excluding hydrogens is 485 g/mol. The number of fused-ring (bicyclic) bond motifs is 1. The number of benzene rings is 3. The number of aryl methyl sites for hydroxylation is 1. The van der Waals surface area contributed by atoms with Crippen molar-refractivity contribution >= 4 is 62.5 Å². The molecule has 0 saturated heterocycles. The second-order valence-corrected chi connectivity index (χ2v) is 7.81. The Morgan fingerprint density at radius 1 is 1.00 bits per heavy atom. The Labute approximate surface area is 182 Å². The van der Waals surface area contributed by atoms with E-state index in [1.54, 1.807) is 12.1 Å². The minimum Gasteiger partial charge on any atom is -0.298 e. The first-order chi connectivity index (χ1) is 13.4. The molecule has 28 heavy (non-hydrogen) atoms. The number of amides is 2. The summed E-state index contributed by atoms with van der Waals surface area (Å²) in [6.07, 6.45) is 0.196. The van der Waals surface area contributed by atoms with Crippen LogP contribution in [0.2, 0.25) is 0 Å². The van der Waals surface area contributed by atoms with Crippen LogP contribution in [-0.2, 0) is 11.2 Å². The number of thiocarbonyl (C=S) groups is 1. The molecule has 0 aliphatic carbocycles. The molecule has 3 aromatic carbocycles. The molecule has 0 atom stereocenters. The van der Waals surface area contributed by atoms with Crippen molar-refractivity contribution in [2.75, 3.05) is 0 Å². The summed E-state index contributed by atoms with van der Waals surface area (Å²) in [5.41, 5.74) is 7.62. The van der Waals surface area contributed by atoms with Gasteiger partial charge in [0, 0.05) is 9.13 Å². The molecule has 0 aromatic heterocycles. The first-order valence-corrected chi connectivity index (χ1v) is 10.1. The SMILES string of the molecule is Cc1ccc(C(=O)NC(=S)NNC(=O)Cc2cccc3ccccc23)cc1I.